The molecule has 1 rings (SSSR count). The number of aliphatic imine (C=N–C) groups is 1. The molecule has 0 aliphatic carbocycles. The van der Waals surface area contributed by atoms with Crippen molar-refractivity contribution < 1.29 is 9.53 Å². The molecule has 0 aliphatic rings. The average Bonchev–Trinajstić information content (AvgIpc) is 2.30. The molecule has 0 radical (unpaired) electrons. The summed E-state index contributed by atoms with van der Waals surface area (Å²) < 4.78 is 4.76. The fourth-order valence-electron chi connectivity index (χ4n) is 1.12. The molecular formula is C12H10ClNO2S. The lowest BCUT2D eigenvalue weighted by atomic mass is 10.2. The van der Waals surface area contributed by atoms with E-state index in [0.29, 0.717) is 17.3 Å². The van der Waals surface area contributed by atoms with E-state index in [0.717, 1.165) is 5.56 Å². The lowest BCUT2D eigenvalue weighted by molar-refractivity contribution is -0.137. The van der Waals surface area contributed by atoms with Crippen LogP contribution in [0.5, 0.6) is 0 Å². The van der Waals surface area contributed by atoms with Gasteiger partial charge in [-0.2, -0.15) is 4.99 Å². The Morgan fingerprint density at radius 3 is 3.00 bits per heavy atom. The van der Waals surface area contributed by atoms with Crippen LogP contribution in [-0.4, -0.2) is 17.7 Å². The number of hydrogen-bond donors (Lipinski definition) is 0. The van der Waals surface area contributed by atoms with Crippen LogP contribution in [0.1, 0.15) is 12.5 Å². The zero-order valence-electron chi connectivity index (χ0n) is 9.14. The SMILES string of the molecule is CCOC(=O)C=Cc1ccc(N=C=S)c(Cl)c1. The first-order valence-corrected chi connectivity index (χ1v) is 5.68. The van der Waals surface area contributed by atoms with Gasteiger partial charge >= 0.3 is 5.97 Å². The van der Waals surface area contributed by atoms with Crippen molar-refractivity contribution in [1.29, 1.82) is 0 Å². The second-order valence-corrected chi connectivity index (χ2v) is 3.59. The summed E-state index contributed by atoms with van der Waals surface area (Å²) in [6, 6.07) is 5.16. The molecule has 0 amide bonds. The van der Waals surface area contributed by atoms with Gasteiger partial charge in [-0.05, 0) is 42.9 Å². The van der Waals surface area contributed by atoms with Gasteiger partial charge in [-0.1, -0.05) is 17.7 Å². The summed E-state index contributed by atoms with van der Waals surface area (Å²) in [5.74, 6) is -0.385. The highest BCUT2D eigenvalue weighted by Gasteiger charge is 1.99. The van der Waals surface area contributed by atoms with Crippen molar-refractivity contribution in [1.82, 2.24) is 0 Å². The number of carbonyl (C=O) groups excluding carboxylic acids is 1. The first kappa shape index (κ1) is 13.6. The third kappa shape index (κ3) is 4.49. The normalized spacial score (nSPS) is 10.0. The minimum absolute atomic E-state index is 0.353. The minimum Gasteiger partial charge on any atom is -0.463 e. The van der Waals surface area contributed by atoms with E-state index < -0.39 is 0 Å². The van der Waals surface area contributed by atoms with E-state index in [1.54, 1.807) is 31.2 Å². The zero-order valence-corrected chi connectivity index (χ0v) is 10.7. The predicted octanol–water partition coefficient (Wildman–Crippen LogP) is 3.65. The molecule has 0 unspecified atom stereocenters. The number of halogens is 1. The predicted molar refractivity (Wildman–Crippen MR) is 71.8 cm³/mol. The lowest BCUT2D eigenvalue weighted by Gasteiger charge is -1.98. The molecule has 5 heteroatoms. The summed E-state index contributed by atoms with van der Waals surface area (Å²) >= 11 is 10.4. The summed E-state index contributed by atoms with van der Waals surface area (Å²) in [4.78, 5) is 14.9. The molecule has 0 saturated heterocycles. The molecule has 0 heterocycles. The molecular weight excluding hydrogens is 258 g/mol. The first-order valence-electron chi connectivity index (χ1n) is 4.89. The van der Waals surface area contributed by atoms with Crippen molar-refractivity contribution in [3.05, 3.63) is 34.9 Å². The quantitative estimate of drug-likeness (QED) is 0.362. The molecule has 0 spiro atoms. The number of nitrogens with zero attached hydrogens (tertiary/aromatic N) is 1. The standard InChI is InChI=1S/C12H10ClNO2S/c1-2-16-12(15)6-4-9-3-5-11(14-8-17)10(13)7-9/h3-7H,2H2,1H3. The zero-order chi connectivity index (χ0) is 12.7. The summed E-state index contributed by atoms with van der Waals surface area (Å²) in [6.07, 6.45) is 2.96. The fourth-order valence-corrected chi connectivity index (χ4v) is 1.45. The number of thiocarbonyl (C=S) groups is 1. The van der Waals surface area contributed by atoms with Crippen LogP contribution in [0, 0.1) is 0 Å². The van der Waals surface area contributed by atoms with Gasteiger partial charge in [-0.15, -0.1) is 0 Å². The Hall–Kier alpha value is -1.48. The highest BCUT2D eigenvalue weighted by molar-refractivity contribution is 7.78. The van der Waals surface area contributed by atoms with Gasteiger partial charge in [-0.3, -0.25) is 0 Å². The van der Waals surface area contributed by atoms with Gasteiger partial charge in [0.1, 0.15) is 0 Å². The number of ether oxygens (including phenoxy) is 1. The number of benzene rings is 1. The van der Waals surface area contributed by atoms with Gasteiger partial charge in [0.05, 0.1) is 22.5 Å². The Bertz CT molecular complexity index is 493. The molecule has 0 aromatic heterocycles. The van der Waals surface area contributed by atoms with Crippen LogP contribution in [0.15, 0.2) is 29.3 Å². The smallest absolute Gasteiger partial charge is 0.330 e. The van der Waals surface area contributed by atoms with Gasteiger partial charge in [0.2, 0.25) is 0 Å². The number of carbonyl (C=O) groups is 1. The van der Waals surface area contributed by atoms with Gasteiger partial charge in [0.25, 0.3) is 0 Å². The highest BCUT2D eigenvalue weighted by Crippen LogP contribution is 2.25. The summed E-state index contributed by atoms with van der Waals surface area (Å²) in [6.45, 7) is 2.10. The Morgan fingerprint density at radius 2 is 2.41 bits per heavy atom. The maximum atomic E-state index is 11.1. The molecule has 0 N–H and O–H groups in total. The molecule has 0 atom stereocenters. The van der Waals surface area contributed by atoms with E-state index in [9.17, 15) is 4.79 Å². The van der Waals surface area contributed by atoms with Gasteiger partial charge in [0.15, 0.2) is 0 Å². The second-order valence-electron chi connectivity index (χ2n) is 3.00. The largest absolute Gasteiger partial charge is 0.463 e. The molecule has 88 valence electrons. The van der Waals surface area contributed by atoms with Crippen molar-refractivity contribution in [2.45, 2.75) is 6.92 Å². The monoisotopic (exact) mass is 267 g/mol. The van der Waals surface area contributed by atoms with Crippen molar-refractivity contribution in [3.8, 4) is 0 Å². The van der Waals surface area contributed by atoms with Crippen LogP contribution in [0.4, 0.5) is 5.69 Å². The van der Waals surface area contributed by atoms with Crippen LogP contribution in [0.25, 0.3) is 6.08 Å². The van der Waals surface area contributed by atoms with Crippen molar-refractivity contribution >= 4 is 46.7 Å². The van der Waals surface area contributed by atoms with Gasteiger partial charge in [-0.25, -0.2) is 4.79 Å². The number of isothiocyanates is 1. The molecule has 0 bridgehead atoms. The molecule has 1 aromatic carbocycles. The van der Waals surface area contributed by atoms with Gasteiger partial charge < -0.3 is 4.74 Å². The third-order valence-electron chi connectivity index (χ3n) is 1.84. The van der Waals surface area contributed by atoms with Crippen LogP contribution >= 0.6 is 23.8 Å². The Labute approximate surface area is 110 Å². The number of rotatable bonds is 4. The van der Waals surface area contributed by atoms with E-state index in [1.165, 1.54) is 6.08 Å². The van der Waals surface area contributed by atoms with Crippen molar-refractivity contribution in [2.24, 2.45) is 4.99 Å². The van der Waals surface area contributed by atoms with Crippen LogP contribution in [0.2, 0.25) is 5.02 Å². The van der Waals surface area contributed by atoms with E-state index in [-0.39, 0.29) is 5.97 Å². The van der Waals surface area contributed by atoms with Crippen molar-refractivity contribution in [2.75, 3.05) is 6.61 Å². The van der Waals surface area contributed by atoms with E-state index in [4.69, 9.17) is 16.3 Å². The van der Waals surface area contributed by atoms with Crippen LogP contribution in [-0.2, 0) is 9.53 Å². The lowest BCUT2D eigenvalue weighted by Crippen LogP contribution is -1.98. The Balaban J connectivity index is 2.84. The Kier molecular flexibility index (Phi) is 5.57. The minimum atomic E-state index is -0.385. The summed E-state index contributed by atoms with van der Waals surface area (Å²) in [5, 5.41) is 2.70. The van der Waals surface area contributed by atoms with E-state index in [1.807, 2.05) is 0 Å². The second kappa shape index (κ2) is 6.97. The molecule has 17 heavy (non-hydrogen) atoms. The highest BCUT2D eigenvalue weighted by atomic mass is 35.5. The number of esters is 1. The summed E-state index contributed by atoms with van der Waals surface area (Å²) in [7, 11) is 0. The van der Waals surface area contributed by atoms with Crippen LogP contribution < -0.4 is 0 Å². The first-order chi connectivity index (χ1) is 8.17. The molecule has 0 fully saturated rings. The summed E-state index contributed by atoms with van der Waals surface area (Å²) in [5.41, 5.74) is 1.33. The van der Waals surface area contributed by atoms with Crippen molar-refractivity contribution in [3.63, 3.8) is 0 Å². The van der Waals surface area contributed by atoms with E-state index >= 15 is 0 Å². The fraction of sp³-hybridized carbons (Fsp3) is 0.167. The molecule has 3 nitrogen and oxygen atoms in total. The average molecular weight is 268 g/mol. The van der Waals surface area contributed by atoms with E-state index in [2.05, 4.69) is 22.4 Å². The van der Waals surface area contributed by atoms with Crippen LogP contribution in [0.3, 0.4) is 0 Å². The maximum absolute atomic E-state index is 11.1. The Morgan fingerprint density at radius 1 is 1.65 bits per heavy atom. The third-order valence-corrected chi connectivity index (χ3v) is 2.23. The van der Waals surface area contributed by atoms with Gasteiger partial charge in [0, 0.05) is 6.08 Å². The molecule has 1 aromatic rings. The molecule has 0 saturated carbocycles. The number of hydrogen-bond acceptors (Lipinski definition) is 4. The topological polar surface area (TPSA) is 38.7 Å². The maximum Gasteiger partial charge on any atom is 0.330 e. The molecule has 0 aliphatic heterocycles.